The Labute approximate surface area is 337 Å². The third-order valence-corrected chi connectivity index (χ3v) is 10.4. The highest BCUT2D eigenvalue weighted by Crippen LogP contribution is 2.30. The minimum atomic E-state index is -0.517. The molecule has 0 saturated heterocycles. The molecule has 0 unspecified atom stereocenters. The maximum Gasteiger partial charge on any atom is 0.410 e. The van der Waals surface area contributed by atoms with Crippen LogP contribution in [0.25, 0.3) is 33.7 Å². The van der Waals surface area contributed by atoms with Crippen molar-refractivity contribution in [1.82, 2.24) is 48.3 Å². The van der Waals surface area contributed by atoms with Gasteiger partial charge in [0.1, 0.15) is 25.9 Å². The standard InChI is InChI=1S/C21H26N6O2S.C17H21BrN4O2S/c1-21(2,3)29-20(28)26-8-6-7-14(12-26)16-13-27-17(15-9-23-25(4)11-15)10-22-18(27)19(24-16)30-5;1-17(2,3)24-16(23)21-7-5-6-11(9-21)12-10-22-13(18)8-19-14(22)15(20-12)25-4/h7,9-11,13H,6,8,12H2,1-5H3;6,8,10H,5,7,9H2,1-4H3. The van der Waals surface area contributed by atoms with Gasteiger partial charge in [-0.05, 0) is 94.0 Å². The number of thioether (sulfide) groups is 2. The van der Waals surface area contributed by atoms with Gasteiger partial charge in [0.2, 0.25) is 0 Å². The van der Waals surface area contributed by atoms with Gasteiger partial charge in [-0.25, -0.2) is 29.5 Å². The number of carbonyl (C=O) groups excluding carboxylic acids is 2. The number of aromatic nitrogens is 8. The Morgan fingerprint density at radius 1 is 0.727 bits per heavy atom. The van der Waals surface area contributed by atoms with E-state index < -0.39 is 11.2 Å². The minimum absolute atomic E-state index is 0.284. The molecule has 55 heavy (non-hydrogen) atoms. The number of halogens is 1. The highest BCUT2D eigenvalue weighted by molar-refractivity contribution is 9.10. The molecule has 17 heteroatoms. The molecule has 0 bridgehead atoms. The van der Waals surface area contributed by atoms with Crippen molar-refractivity contribution in [2.75, 3.05) is 38.7 Å². The molecule has 2 aliphatic heterocycles. The van der Waals surface area contributed by atoms with E-state index in [1.165, 1.54) is 0 Å². The highest BCUT2D eigenvalue weighted by atomic mass is 79.9. The maximum atomic E-state index is 12.6. The zero-order chi connectivity index (χ0) is 39.7. The van der Waals surface area contributed by atoms with Crippen LogP contribution in [0.3, 0.4) is 0 Å². The van der Waals surface area contributed by atoms with Crippen LogP contribution in [0.15, 0.2) is 64.0 Å². The van der Waals surface area contributed by atoms with Crippen LogP contribution in [0.2, 0.25) is 0 Å². The Kier molecular flexibility index (Phi) is 12.0. The minimum Gasteiger partial charge on any atom is -0.444 e. The van der Waals surface area contributed by atoms with E-state index in [1.54, 1.807) is 44.2 Å². The average Bonchev–Trinajstić information content (AvgIpc) is 3.88. The summed E-state index contributed by atoms with van der Waals surface area (Å²) in [4.78, 5) is 46.9. The molecule has 14 nitrogen and oxygen atoms in total. The predicted octanol–water partition coefficient (Wildman–Crippen LogP) is 8.11. The number of hydrogen-bond donors (Lipinski definition) is 0. The first-order valence-electron chi connectivity index (χ1n) is 17.9. The summed E-state index contributed by atoms with van der Waals surface area (Å²) in [6.07, 6.45) is 20.6. The van der Waals surface area contributed by atoms with Gasteiger partial charge in [-0.2, -0.15) is 5.10 Å². The van der Waals surface area contributed by atoms with Gasteiger partial charge in [0.15, 0.2) is 11.3 Å². The van der Waals surface area contributed by atoms with Crippen LogP contribution >= 0.6 is 39.5 Å². The fraction of sp³-hybridized carbons (Fsp3) is 0.447. The van der Waals surface area contributed by atoms with Gasteiger partial charge in [0.05, 0.1) is 48.8 Å². The summed E-state index contributed by atoms with van der Waals surface area (Å²) in [5.41, 5.74) is 6.28. The number of carbonyl (C=O) groups is 2. The van der Waals surface area contributed by atoms with Crippen molar-refractivity contribution in [3.8, 4) is 11.3 Å². The van der Waals surface area contributed by atoms with Crippen molar-refractivity contribution in [1.29, 1.82) is 0 Å². The van der Waals surface area contributed by atoms with Crippen LogP contribution in [-0.4, -0.2) is 110 Å². The number of hydrogen-bond acceptors (Lipinski definition) is 11. The Morgan fingerprint density at radius 2 is 1.22 bits per heavy atom. The van der Waals surface area contributed by atoms with Crippen LogP contribution < -0.4 is 0 Å². The van der Waals surface area contributed by atoms with E-state index in [0.29, 0.717) is 26.2 Å². The molecule has 292 valence electrons. The van der Waals surface area contributed by atoms with E-state index >= 15 is 0 Å². The molecule has 7 heterocycles. The second-order valence-corrected chi connectivity index (χ2v) is 17.5. The van der Waals surface area contributed by atoms with Gasteiger partial charge in [0.25, 0.3) is 0 Å². The quantitative estimate of drug-likeness (QED) is 0.159. The Balaban J connectivity index is 0.000000190. The van der Waals surface area contributed by atoms with Gasteiger partial charge in [-0.1, -0.05) is 12.2 Å². The fourth-order valence-electron chi connectivity index (χ4n) is 6.07. The molecule has 7 rings (SSSR count). The summed E-state index contributed by atoms with van der Waals surface area (Å²) in [7, 11) is 1.89. The van der Waals surface area contributed by atoms with Gasteiger partial charge in [0, 0.05) is 44.3 Å². The molecular weight excluding hydrogens is 805 g/mol. The summed E-state index contributed by atoms with van der Waals surface area (Å²) in [6.45, 7) is 13.5. The molecule has 0 aliphatic carbocycles. The van der Waals surface area contributed by atoms with Crippen molar-refractivity contribution in [2.24, 2.45) is 7.05 Å². The Hall–Kier alpha value is -4.35. The van der Waals surface area contributed by atoms with Crippen LogP contribution in [-0.2, 0) is 16.5 Å². The van der Waals surface area contributed by atoms with Crippen LogP contribution in [0.1, 0.15) is 65.8 Å². The van der Waals surface area contributed by atoms with E-state index in [1.807, 2.05) is 96.5 Å². The first-order chi connectivity index (χ1) is 26.0. The monoisotopic (exact) mass is 850 g/mol. The van der Waals surface area contributed by atoms with E-state index in [4.69, 9.17) is 19.4 Å². The van der Waals surface area contributed by atoms with E-state index in [0.717, 1.165) is 72.6 Å². The summed E-state index contributed by atoms with van der Waals surface area (Å²) in [5.74, 6) is 0. The maximum absolute atomic E-state index is 12.6. The van der Waals surface area contributed by atoms with Gasteiger partial charge in [-0.3, -0.25) is 13.5 Å². The lowest BCUT2D eigenvalue weighted by Gasteiger charge is -2.30. The number of amides is 2. The Bertz CT molecular complexity index is 2280. The number of imidazole rings is 2. The zero-order valence-electron chi connectivity index (χ0n) is 32.7. The second-order valence-electron chi connectivity index (χ2n) is 15.1. The van der Waals surface area contributed by atoms with Crippen LogP contribution in [0.5, 0.6) is 0 Å². The Morgan fingerprint density at radius 3 is 1.69 bits per heavy atom. The van der Waals surface area contributed by atoms with Crippen molar-refractivity contribution in [3.63, 3.8) is 0 Å². The average molecular weight is 852 g/mol. The molecule has 0 atom stereocenters. The topological polar surface area (TPSA) is 137 Å². The van der Waals surface area contributed by atoms with Crippen molar-refractivity contribution in [2.45, 2.75) is 75.6 Å². The molecule has 2 aliphatic rings. The lowest BCUT2D eigenvalue weighted by Crippen LogP contribution is -2.39. The van der Waals surface area contributed by atoms with Gasteiger partial charge < -0.3 is 19.3 Å². The summed E-state index contributed by atoms with van der Waals surface area (Å²) >= 11 is 6.63. The van der Waals surface area contributed by atoms with Crippen molar-refractivity contribution >= 4 is 74.1 Å². The molecule has 0 spiro atoms. The third kappa shape index (κ3) is 9.55. The first-order valence-corrected chi connectivity index (χ1v) is 21.1. The van der Waals surface area contributed by atoms with Crippen molar-refractivity contribution < 1.29 is 19.1 Å². The van der Waals surface area contributed by atoms with E-state index in [-0.39, 0.29) is 12.2 Å². The van der Waals surface area contributed by atoms with Gasteiger partial charge in [-0.15, -0.1) is 23.5 Å². The number of nitrogens with zero attached hydrogens (tertiary/aromatic N) is 10. The van der Waals surface area contributed by atoms with Crippen LogP contribution in [0, 0.1) is 0 Å². The molecule has 0 fully saturated rings. The second kappa shape index (κ2) is 16.4. The molecule has 0 N–H and O–H groups in total. The zero-order valence-corrected chi connectivity index (χ0v) is 35.9. The van der Waals surface area contributed by atoms with E-state index in [9.17, 15) is 9.59 Å². The van der Waals surface area contributed by atoms with Crippen molar-refractivity contribution in [3.05, 3.63) is 65.3 Å². The molecule has 5 aromatic heterocycles. The fourth-order valence-corrected chi connectivity index (χ4v) is 7.48. The van der Waals surface area contributed by atoms with Gasteiger partial charge >= 0.3 is 12.2 Å². The van der Waals surface area contributed by atoms with E-state index in [2.05, 4.69) is 47.5 Å². The SMILES string of the molecule is CSc1nc(C2=CCCN(C(=O)OC(C)(C)C)C2)cn2c(-c3cnn(C)c3)cnc12.CSc1nc(C2=CCCN(C(=O)OC(C)(C)C)C2)cn2c(Br)cnc12. The lowest BCUT2D eigenvalue weighted by molar-refractivity contribution is 0.0262. The largest absolute Gasteiger partial charge is 0.444 e. The summed E-state index contributed by atoms with van der Waals surface area (Å²) in [5, 5.41) is 5.98. The normalized spacial score (nSPS) is 15.1. The molecule has 2 amide bonds. The third-order valence-electron chi connectivity index (χ3n) is 8.53. The highest BCUT2D eigenvalue weighted by Gasteiger charge is 2.27. The number of rotatable bonds is 5. The summed E-state index contributed by atoms with van der Waals surface area (Å²) < 4.78 is 17.7. The molecule has 0 radical (unpaired) electrons. The predicted molar refractivity (Wildman–Crippen MR) is 220 cm³/mol. The molecule has 0 aromatic carbocycles. The number of aryl methyl sites for hydroxylation is 1. The number of ether oxygens (including phenoxy) is 2. The summed E-state index contributed by atoms with van der Waals surface area (Å²) in [6, 6.07) is 0. The first kappa shape index (κ1) is 40.3. The number of fused-ring (bicyclic) bond motifs is 2. The molecule has 0 saturated carbocycles. The molecule has 5 aromatic rings. The molecular formula is C38H47BrN10O4S2. The van der Waals surface area contributed by atoms with Crippen LogP contribution in [0.4, 0.5) is 9.59 Å². The smallest absolute Gasteiger partial charge is 0.410 e. The lowest BCUT2D eigenvalue weighted by atomic mass is 10.1.